The SMILES string of the molecule is O=C1C(=O)N(CCN2CCOCC2)C(c2ccc(Cl)cc2)C1=C(O)c1ccc2c(c1)OCCO2. The number of nitrogens with zero attached hydrogens (tertiary/aromatic N) is 2. The summed E-state index contributed by atoms with van der Waals surface area (Å²) >= 11 is 6.08. The molecule has 3 aliphatic heterocycles. The summed E-state index contributed by atoms with van der Waals surface area (Å²) < 4.78 is 16.6. The van der Waals surface area contributed by atoms with E-state index in [4.69, 9.17) is 25.8 Å². The van der Waals surface area contributed by atoms with Gasteiger partial charge in [0, 0.05) is 36.8 Å². The highest BCUT2D eigenvalue weighted by molar-refractivity contribution is 6.46. The molecule has 2 aromatic rings. The molecule has 0 spiro atoms. The number of carbonyl (C=O) groups excluding carboxylic acids is 2. The van der Waals surface area contributed by atoms with E-state index in [0.717, 1.165) is 13.1 Å². The number of ketones is 1. The van der Waals surface area contributed by atoms with Crippen molar-refractivity contribution in [3.63, 3.8) is 0 Å². The second-order valence-corrected chi connectivity index (χ2v) is 8.79. The van der Waals surface area contributed by atoms with Crippen molar-refractivity contribution >= 4 is 29.1 Å². The highest BCUT2D eigenvalue weighted by Gasteiger charge is 2.46. The molecule has 5 rings (SSSR count). The fourth-order valence-electron chi connectivity index (χ4n) is 4.52. The summed E-state index contributed by atoms with van der Waals surface area (Å²) in [5.74, 6) is -0.534. The molecule has 178 valence electrons. The van der Waals surface area contributed by atoms with E-state index in [-0.39, 0.29) is 11.3 Å². The maximum absolute atomic E-state index is 13.2. The van der Waals surface area contributed by atoms with E-state index in [0.29, 0.717) is 67.2 Å². The first-order valence-electron chi connectivity index (χ1n) is 11.3. The fourth-order valence-corrected chi connectivity index (χ4v) is 4.65. The van der Waals surface area contributed by atoms with Crippen molar-refractivity contribution in [2.24, 2.45) is 0 Å². The normalized spacial score (nSPS) is 22.3. The van der Waals surface area contributed by atoms with Crippen LogP contribution in [0.25, 0.3) is 5.76 Å². The summed E-state index contributed by atoms with van der Waals surface area (Å²) in [6.45, 7) is 4.62. The maximum Gasteiger partial charge on any atom is 0.295 e. The van der Waals surface area contributed by atoms with Crippen molar-refractivity contribution in [3.8, 4) is 11.5 Å². The Morgan fingerprint density at radius 3 is 2.38 bits per heavy atom. The minimum atomic E-state index is -0.730. The van der Waals surface area contributed by atoms with Crippen LogP contribution in [-0.2, 0) is 14.3 Å². The van der Waals surface area contributed by atoms with Gasteiger partial charge < -0.3 is 24.2 Å². The molecule has 9 heteroatoms. The average Bonchev–Trinajstić information content (AvgIpc) is 3.12. The molecule has 0 aliphatic carbocycles. The number of carbonyl (C=O) groups is 2. The van der Waals surface area contributed by atoms with E-state index in [1.54, 1.807) is 42.5 Å². The number of ether oxygens (including phenoxy) is 3. The van der Waals surface area contributed by atoms with Crippen LogP contribution < -0.4 is 9.47 Å². The fraction of sp³-hybridized carbons (Fsp3) is 0.360. The summed E-state index contributed by atoms with van der Waals surface area (Å²) in [4.78, 5) is 30.1. The molecular weight excluding hydrogens is 460 g/mol. The maximum atomic E-state index is 13.2. The Hall–Kier alpha value is -3.07. The lowest BCUT2D eigenvalue weighted by atomic mass is 9.95. The Morgan fingerprint density at radius 2 is 1.65 bits per heavy atom. The van der Waals surface area contributed by atoms with Gasteiger partial charge in [-0.15, -0.1) is 0 Å². The number of hydrogen-bond donors (Lipinski definition) is 1. The van der Waals surface area contributed by atoms with Crippen LogP contribution in [-0.4, -0.2) is 79.2 Å². The molecular formula is C25H25ClN2O6. The molecule has 1 amide bonds. The molecule has 0 radical (unpaired) electrons. The number of morpholine rings is 1. The predicted molar refractivity (Wildman–Crippen MR) is 125 cm³/mol. The van der Waals surface area contributed by atoms with Gasteiger partial charge in [0.15, 0.2) is 11.5 Å². The number of benzene rings is 2. The highest BCUT2D eigenvalue weighted by Crippen LogP contribution is 2.41. The lowest BCUT2D eigenvalue weighted by Gasteiger charge is -2.31. The Kier molecular flexibility index (Phi) is 6.45. The summed E-state index contributed by atoms with van der Waals surface area (Å²) in [5, 5.41) is 11.8. The second-order valence-electron chi connectivity index (χ2n) is 8.36. The summed E-state index contributed by atoms with van der Waals surface area (Å²) in [7, 11) is 0. The molecule has 1 N–H and O–H groups in total. The number of aliphatic hydroxyl groups is 1. The van der Waals surface area contributed by atoms with E-state index >= 15 is 0 Å². The van der Waals surface area contributed by atoms with Crippen LogP contribution in [0, 0.1) is 0 Å². The molecule has 3 heterocycles. The van der Waals surface area contributed by atoms with E-state index in [9.17, 15) is 14.7 Å². The van der Waals surface area contributed by atoms with Gasteiger partial charge in [-0.25, -0.2) is 0 Å². The number of amides is 1. The van der Waals surface area contributed by atoms with Crippen molar-refractivity contribution in [2.75, 3.05) is 52.6 Å². The second kappa shape index (κ2) is 9.66. The summed E-state index contributed by atoms with van der Waals surface area (Å²) in [5.41, 5.74) is 1.13. The summed E-state index contributed by atoms with van der Waals surface area (Å²) in [6.07, 6.45) is 0. The van der Waals surface area contributed by atoms with Crippen LogP contribution in [0.2, 0.25) is 5.02 Å². The van der Waals surface area contributed by atoms with Gasteiger partial charge >= 0.3 is 0 Å². The van der Waals surface area contributed by atoms with E-state index in [1.165, 1.54) is 4.90 Å². The zero-order valence-electron chi connectivity index (χ0n) is 18.5. The minimum absolute atomic E-state index is 0.0472. The standard InChI is InChI=1S/C25H25ClN2O6/c26-18-4-1-16(2-5-18)22-21(23(29)17-3-6-19-20(15-17)34-14-13-33-19)24(30)25(31)28(22)8-7-27-9-11-32-12-10-27/h1-6,15,22,29H,7-14H2. The van der Waals surface area contributed by atoms with E-state index in [1.807, 2.05) is 0 Å². The number of aliphatic hydroxyl groups excluding tert-OH is 1. The number of fused-ring (bicyclic) bond motifs is 1. The van der Waals surface area contributed by atoms with Gasteiger partial charge in [0.2, 0.25) is 0 Å². The van der Waals surface area contributed by atoms with Crippen molar-refractivity contribution < 1.29 is 28.9 Å². The molecule has 2 fully saturated rings. The molecule has 0 saturated carbocycles. The number of Topliss-reactive ketones (excluding diaryl/α,β-unsaturated/α-hetero) is 1. The smallest absolute Gasteiger partial charge is 0.295 e. The average molecular weight is 485 g/mol. The molecule has 0 aromatic heterocycles. The quantitative estimate of drug-likeness (QED) is 0.396. The number of halogens is 1. The molecule has 2 aromatic carbocycles. The predicted octanol–water partition coefficient (Wildman–Crippen LogP) is 2.87. The lowest BCUT2D eigenvalue weighted by Crippen LogP contribution is -2.42. The highest BCUT2D eigenvalue weighted by atomic mass is 35.5. The van der Waals surface area contributed by atoms with Crippen LogP contribution in [0.4, 0.5) is 0 Å². The molecule has 3 aliphatic rings. The van der Waals surface area contributed by atoms with Crippen LogP contribution in [0.1, 0.15) is 17.2 Å². The van der Waals surface area contributed by atoms with Crippen LogP contribution in [0.15, 0.2) is 48.0 Å². The van der Waals surface area contributed by atoms with Crippen LogP contribution >= 0.6 is 11.6 Å². The number of rotatable bonds is 5. The molecule has 2 saturated heterocycles. The van der Waals surface area contributed by atoms with Gasteiger partial charge in [-0.1, -0.05) is 23.7 Å². The lowest BCUT2D eigenvalue weighted by molar-refractivity contribution is -0.140. The first kappa shape index (κ1) is 22.7. The Labute approximate surface area is 202 Å². The van der Waals surface area contributed by atoms with Crippen LogP contribution in [0.5, 0.6) is 11.5 Å². The van der Waals surface area contributed by atoms with E-state index in [2.05, 4.69) is 4.90 Å². The van der Waals surface area contributed by atoms with Gasteiger partial charge in [-0.3, -0.25) is 14.5 Å². The zero-order chi connectivity index (χ0) is 23.7. The first-order valence-corrected chi connectivity index (χ1v) is 11.6. The largest absolute Gasteiger partial charge is 0.507 e. The van der Waals surface area contributed by atoms with E-state index < -0.39 is 17.7 Å². The topological polar surface area (TPSA) is 88.5 Å². The van der Waals surface area contributed by atoms with Crippen molar-refractivity contribution in [2.45, 2.75) is 6.04 Å². The zero-order valence-corrected chi connectivity index (χ0v) is 19.3. The third kappa shape index (κ3) is 4.36. The van der Waals surface area contributed by atoms with Gasteiger partial charge in [-0.05, 0) is 35.9 Å². The van der Waals surface area contributed by atoms with Crippen molar-refractivity contribution in [1.29, 1.82) is 0 Å². The molecule has 34 heavy (non-hydrogen) atoms. The van der Waals surface area contributed by atoms with Gasteiger partial charge in [0.05, 0.1) is 24.8 Å². The molecule has 8 nitrogen and oxygen atoms in total. The number of hydrogen-bond acceptors (Lipinski definition) is 7. The summed E-state index contributed by atoms with van der Waals surface area (Å²) in [6, 6.07) is 11.2. The van der Waals surface area contributed by atoms with Gasteiger partial charge in [-0.2, -0.15) is 0 Å². The van der Waals surface area contributed by atoms with Gasteiger partial charge in [0.25, 0.3) is 11.7 Å². The third-order valence-corrected chi connectivity index (χ3v) is 6.55. The monoisotopic (exact) mass is 484 g/mol. The Bertz CT molecular complexity index is 1130. The molecule has 0 bridgehead atoms. The van der Waals surface area contributed by atoms with Crippen molar-refractivity contribution in [3.05, 3.63) is 64.2 Å². The van der Waals surface area contributed by atoms with Crippen molar-refractivity contribution in [1.82, 2.24) is 9.80 Å². The van der Waals surface area contributed by atoms with Crippen LogP contribution in [0.3, 0.4) is 0 Å². The minimum Gasteiger partial charge on any atom is -0.507 e. The Balaban J connectivity index is 1.53. The Morgan fingerprint density at radius 1 is 0.941 bits per heavy atom. The van der Waals surface area contributed by atoms with Gasteiger partial charge in [0.1, 0.15) is 19.0 Å². The molecule has 1 atom stereocenters. The first-order chi connectivity index (χ1) is 16.5. The third-order valence-electron chi connectivity index (χ3n) is 6.30. The molecule has 1 unspecified atom stereocenters. The number of likely N-dealkylation sites (tertiary alicyclic amines) is 1.